The number of nitrogens with zero attached hydrogens (tertiary/aromatic N) is 2. The highest BCUT2D eigenvalue weighted by Gasteiger charge is 2.17. The van der Waals surface area contributed by atoms with Gasteiger partial charge in [0.25, 0.3) is 0 Å². The second kappa shape index (κ2) is 6.26. The van der Waals surface area contributed by atoms with Gasteiger partial charge >= 0.3 is 0 Å². The highest BCUT2D eigenvalue weighted by Crippen LogP contribution is 2.15. The van der Waals surface area contributed by atoms with E-state index in [-0.39, 0.29) is 0 Å². The molecule has 0 bridgehead atoms. The molecule has 0 amide bonds. The standard InChI is InChI=1S/C13H18N2O3/c1-2-18-12-5-3-11(4-6-12)13(14-16)15-7-9-17-10-8-15/h3-6,16H,2,7-10H2,1H3/b14-13+. The van der Waals surface area contributed by atoms with Crippen molar-refractivity contribution >= 4 is 5.84 Å². The van der Waals surface area contributed by atoms with Crippen LogP contribution in [0.3, 0.4) is 0 Å². The van der Waals surface area contributed by atoms with Gasteiger partial charge in [-0.1, -0.05) is 5.16 Å². The molecule has 98 valence electrons. The minimum Gasteiger partial charge on any atom is -0.494 e. The largest absolute Gasteiger partial charge is 0.494 e. The third-order valence-electron chi connectivity index (χ3n) is 2.83. The SMILES string of the molecule is CCOc1ccc(/C(=N\O)N2CCOCC2)cc1. The number of hydrogen-bond acceptors (Lipinski definition) is 4. The van der Waals surface area contributed by atoms with Gasteiger partial charge in [0, 0.05) is 18.7 Å². The number of ether oxygens (including phenoxy) is 2. The van der Waals surface area contributed by atoms with Gasteiger partial charge in [-0.25, -0.2) is 0 Å². The van der Waals surface area contributed by atoms with Crippen LogP contribution in [0.2, 0.25) is 0 Å². The molecule has 2 rings (SSSR count). The van der Waals surface area contributed by atoms with Crippen molar-refractivity contribution in [1.82, 2.24) is 4.90 Å². The zero-order chi connectivity index (χ0) is 12.8. The summed E-state index contributed by atoms with van der Waals surface area (Å²) in [5, 5.41) is 12.6. The molecule has 0 spiro atoms. The summed E-state index contributed by atoms with van der Waals surface area (Å²) in [7, 11) is 0. The summed E-state index contributed by atoms with van der Waals surface area (Å²) in [6.07, 6.45) is 0. The molecular weight excluding hydrogens is 232 g/mol. The van der Waals surface area contributed by atoms with E-state index in [9.17, 15) is 5.21 Å². The predicted octanol–water partition coefficient (Wildman–Crippen LogP) is 1.55. The van der Waals surface area contributed by atoms with E-state index in [1.165, 1.54) is 0 Å². The average Bonchev–Trinajstić information content (AvgIpc) is 2.43. The zero-order valence-corrected chi connectivity index (χ0v) is 10.5. The molecule has 1 aliphatic rings. The molecule has 5 heteroatoms. The van der Waals surface area contributed by atoms with Gasteiger partial charge in [0.05, 0.1) is 19.8 Å². The first-order valence-electron chi connectivity index (χ1n) is 6.13. The normalized spacial score (nSPS) is 16.7. The molecule has 0 aromatic heterocycles. The van der Waals surface area contributed by atoms with E-state index in [0.717, 1.165) is 24.4 Å². The summed E-state index contributed by atoms with van der Waals surface area (Å²) in [6.45, 7) is 5.40. The highest BCUT2D eigenvalue weighted by atomic mass is 16.5. The Hall–Kier alpha value is -1.75. The van der Waals surface area contributed by atoms with Gasteiger partial charge in [0.15, 0.2) is 5.84 Å². The first kappa shape index (κ1) is 12.7. The smallest absolute Gasteiger partial charge is 0.175 e. The molecule has 0 aliphatic carbocycles. The molecule has 18 heavy (non-hydrogen) atoms. The number of morpholine rings is 1. The monoisotopic (exact) mass is 250 g/mol. The molecule has 1 aromatic carbocycles. The number of amidine groups is 1. The zero-order valence-electron chi connectivity index (χ0n) is 10.5. The Morgan fingerprint density at radius 1 is 1.33 bits per heavy atom. The summed E-state index contributed by atoms with van der Waals surface area (Å²) in [5.74, 6) is 1.40. The summed E-state index contributed by atoms with van der Waals surface area (Å²) in [5.41, 5.74) is 0.878. The average molecular weight is 250 g/mol. The van der Waals surface area contributed by atoms with Gasteiger partial charge in [-0.15, -0.1) is 0 Å². The quantitative estimate of drug-likeness (QED) is 0.383. The summed E-state index contributed by atoms with van der Waals surface area (Å²) < 4.78 is 10.7. The van der Waals surface area contributed by atoms with E-state index in [1.807, 2.05) is 36.1 Å². The number of rotatable bonds is 3. The topological polar surface area (TPSA) is 54.3 Å². The van der Waals surface area contributed by atoms with Crippen molar-refractivity contribution in [1.29, 1.82) is 0 Å². The minimum absolute atomic E-state index is 0.585. The molecular formula is C13H18N2O3. The van der Waals surface area contributed by atoms with Crippen LogP contribution in [-0.2, 0) is 4.74 Å². The fourth-order valence-corrected chi connectivity index (χ4v) is 1.95. The lowest BCUT2D eigenvalue weighted by Gasteiger charge is -2.29. The van der Waals surface area contributed by atoms with Crippen molar-refractivity contribution in [2.24, 2.45) is 5.16 Å². The van der Waals surface area contributed by atoms with Crippen LogP contribution in [0.5, 0.6) is 5.75 Å². The molecule has 0 radical (unpaired) electrons. The number of benzene rings is 1. The predicted molar refractivity (Wildman–Crippen MR) is 68.3 cm³/mol. The van der Waals surface area contributed by atoms with E-state index >= 15 is 0 Å². The Labute approximate surface area is 107 Å². The van der Waals surface area contributed by atoms with E-state index in [2.05, 4.69) is 5.16 Å². The molecule has 0 atom stereocenters. The second-order valence-electron chi connectivity index (χ2n) is 3.98. The van der Waals surface area contributed by atoms with Crippen molar-refractivity contribution in [2.75, 3.05) is 32.9 Å². The Bertz CT molecular complexity index is 397. The maximum Gasteiger partial charge on any atom is 0.175 e. The molecule has 1 N–H and O–H groups in total. The Morgan fingerprint density at radius 2 is 2.00 bits per heavy atom. The summed E-state index contributed by atoms with van der Waals surface area (Å²) >= 11 is 0. The fraction of sp³-hybridized carbons (Fsp3) is 0.462. The molecule has 1 heterocycles. The lowest BCUT2D eigenvalue weighted by Crippen LogP contribution is -2.41. The lowest BCUT2D eigenvalue weighted by atomic mass is 10.1. The number of oxime groups is 1. The molecule has 0 saturated carbocycles. The Kier molecular flexibility index (Phi) is 4.41. The van der Waals surface area contributed by atoms with Crippen LogP contribution >= 0.6 is 0 Å². The van der Waals surface area contributed by atoms with Gasteiger partial charge in [0.2, 0.25) is 0 Å². The van der Waals surface area contributed by atoms with E-state index in [4.69, 9.17) is 9.47 Å². The van der Waals surface area contributed by atoms with Crippen LogP contribution in [0.25, 0.3) is 0 Å². The third-order valence-corrected chi connectivity index (χ3v) is 2.83. The van der Waals surface area contributed by atoms with Gasteiger partial charge in [-0.3, -0.25) is 0 Å². The molecule has 1 fully saturated rings. The summed E-state index contributed by atoms with van der Waals surface area (Å²) in [6, 6.07) is 7.56. The van der Waals surface area contributed by atoms with Crippen LogP contribution < -0.4 is 4.74 Å². The third kappa shape index (κ3) is 2.92. The van der Waals surface area contributed by atoms with Crippen molar-refractivity contribution < 1.29 is 14.7 Å². The van der Waals surface area contributed by atoms with E-state index in [1.54, 1.807) is 0 Å². The number of hydrogen-bond donors (Lipinski definition) is 1. The van der Waals surface area contributed by atoms with Crippen LogP contribution in [-0.4, -0.2) is 48.9 Å². The molecule has 5 nitrogen and oxygen atoms in total. The maximum absolute atomic E-state index is 9.18. The second-order valence-corrected chi connectivity index (χ2v) is 3.98. The fourth-order valence-electron chi connectivity index (χ4n) is 1.95. The van der Waals surface area contributed by atoms with Gasteiger partial charge in [-0.2, -0.15) is 0 Å². The molecule has 1 aromatic rings. The van der Waals surface area contributed by atoms with Gasteiger partial charge in [-0.05, 0) is 31.2 Å². The van der Waals surface area contributed by atoms with Crippen LogP contribution in [0.1, 0.15) is 12.5 Å². The molecule has 1 aliphatic heterocycles. The lowest BCUT2D eigenvalue weighted by molar-refractivity contribution is 0.0668. The van der Waals surface area contributed by atoms with Crippen LogP contribution in [0.4, 0.5) is 0 Å². The first-order chi connectivity index (χ1) is 8.85. The molecule has 1 saturated heterocycles. The van der Waals surface area contributed by atoms with Crippen molar-refractivity contribution in [3.63, 3.8) is 0 Å². The minimum atomic E-state index is 0.585. The van der Waals surface area contributed by atoms with Gasteiger partial charge in [0.1, 0.15) is 5.75 Å². The van der Waals surface area contributed by atoms with E-state index in [0.29, 0.717) is 25.7 Å². The maximum atomic E-state index is 9.18. The van der Waals surface area contributed by atoms with Gasteiger partial charge < -0.3 is 19.6 Å². The summed E-state index contributed by atoms with van der Waals surface area (Å²) in [4.78, 5) is 2.01. The van der Waals surface area contributed by atoms with Crippen LogP contribution in [0, 0.1) is 0 Å². The Balaban J connectivity index is 2.12. The van der Waals surface area contributed by atoms with E-state index < -0.39 is 0 Å². The van der Waals surface area contributed by atoms with Crippen molar-refractivity contribution in [3.8, 4) is 5.75 Å². The van der Waals surface area contributed by atoms with Crippen LogP contribution in [0.15, 0.2) is 29.4 Å². The Morgan fingerprint density at radius 3 is 2.56 bits per heavy atom. The highest BCUT2D eigenvalue weighted by molar-refractivity contribution is 5.98. The van der Waals surface area contributed by atoms with Crippen molar-refractivity contribution in [3.05, 3.63) is 29.8 Å². The molecule has 0 unspecified atom stereocenters. The van der Waals surface area contributed by atoms with Crippen molar-refractivity contribution in [2.45, 2.75) is 6.92 Å². The first-order valence-corrected chi connectivity index (χ1v) is 6.13.